The van der Waals surface area contributed by atoms with E-state index in [0.717, 1.165) is 5.56 Å². The van der Waals surface area contributed by atoms with Crippen LogP contribution in [0.5, 0.6) is 5.75 Å². The van der Waals surface area contributed by atoms with Crippen LogP contribution in [-0.2, 0) is 0 Å². The molecule has 11 heavy (non-hydrogen) atoms. The molecule has 0 spiro atoms. The van der Waals surface area contributed by atoms with Gasteiger partial charge in [-0.2, -0.15) is 5.26 Å². The summed E-state index contributed by atoms with van der Waals surface area (Å²) in [7, 11) is 1.57. The molecule has 0 aromatic carbocycles. The summed E-state index contributed by atoms with van der Waals surface area (Å²) < 4.78 is 5.00. The number of methoxy groups -OCH3 is 1. The maximum absolute atomic E-state index is 8.57. The Morgan fingerprint density at radius 1 is 1.64 bits per heavy atom. The zero-order chi connectivity index (χ0) is 8.27. The van der Waals surface area contributed by atoms with Crippen molar-refractivity contribution in [3.05, 3.63) is 23.5 Å². The Hall–Kier alpha value is -1.56. The Kier molecular flexibility index (Phi) is 2.07. The third-order valence-electron chi connectivity index (χ3n) is 1.48. The number of hydrogen-bond acceptors (Lipinski definition) is 3. The highest BCUT2D eigenvalue weighted by atomic mass is 16.5. The van der Waals surface area contributed by atoms with Crippen molar-refractivity contribution in [2.45, 2.75) is 6.92 Å². The Morgan fingerprint density at radius 3 is 2.91 bits per heavy atom. The summed E-state index contributed by atoms with van der Waals surface area (Å²) in [5.74, 6) is 0.705. The van der Waals surface area contributed by atoms with Crippen LogP contribution in [0.25, 0.3) is 0 Å². The first-order valence-corrected chi connectivity index (χ1v) is 3.19. The Bertz CT molecular complexity index is 301. The van der Waals surface area contributed by atoms with Crippen molar-refractivity contribution in [3.8, 4) is 11.8 Å². The summed E-state index contributed by atoms with van der Waals surface area (Å²) in [6, 6.07) is 3.71. The predicted octanol–water partition coefficient (Wildman–Crippen LogP) is 1.27. The van der Waals surface area contributed by atoms with Crippen LogP contribution in [-0.4, -0.2) is 12.1 Å². The maximum Gasteiger partial charge on any atom is 0.147 e. The van der Waals surface area contributed by atoms with Gasteiger partial charge in [0.1, 0.15) is 17.5 Å². The molecule has 56 valence electrons. The fourth-order valence-corrected chi connectivity index (χ4v) is 0.852. The molecule has 3 heteroatoms. The highest BCUT2D eigenvalue weighted by Crippen LogP contribution is 2.17. The van der Waals surface area contributed by atoms with Gasteiger partial charge in [0, 0.05) is 11.8 Å². The second kappa shape index (κ2) is 3.02. The van der Waals surface area contributed by atoms with Crippen LogP contribution in [0.15, 0.2) is 12.3 Å². The number of ether oxygens (including phenoxy) is 1. The molecule has 0 N–H and O–H groups in total. The largest absolute Gasteiger partial charge is 0.496 e. The first-order valence-electron chi connectivity index (χ1n) is 3.19. The van der Waals surface area contributed by atoms with Crippen LogP contribution in [0.1, 0.15) is 11.3 Å². The SMILES string of the molecule is COc1ccnc(C#N)c1C. The first kappa shape index (κ1) is 7.55. The zero-order valence-corrected chi connectivity index (χ0v) is 6.46. The second-order valence-electron chi connectivity index (χ2n) is 2.10. The van der Waals surface area contributed by atoms with E-state index in [9.17, 15) is 0 Å². The smallest absolute Gasteiger partial charge is 0.147 e. The lowest BCUT2D eigenvalue weighted by Gasteiger charge is -2.02. The minimum atomic E-state index is 0.421. The predicted molar refractivity (Wildman–Crippen MR) is 40.2 cm³/mol. The number of aromatic nitrogens is 1. The quantitative estimate of drug-likeness (QED) is 0.602. The van der Waals surface area contributed by atoms with E-state index in [4.69, 9.17) is 10.00 Å². The monoisotopic (exact) mass is 148 g/mol. The molecule has 0 atom stereocenters. The van der Waals surface area contributed by atoms with Crippen molar-refractivity contribution >= 4 is 0 Å². The Balaban J connectivity index is 3.23. The molecule has 0 aliphatic heterocycles. The average molecular weight is 148 g/mol. The molecule has 1 aromatic heterocycles. The molecule has 1 rings (SSSR count). The second-order valence-corrected chi connectivity index (χ2v) is 2.10. The first-order chi connectivity index (χ1) is 5.29. The number of pyridine rings is 1. The molecular formula is C8H8N2O. The van der Waals surface area contributed by atoms with Crippen molar-refractivity contribution in [3.63, 3.8) is 0 Å². The van der Waals surface area contributed by atoms with E-state index in [1.54, 1.807) is 19.4 Å². The third kappa shape index (κ3) is 1.30. The summed E-state index contributed by atoms with van der Waals surface area (Å²) in [6.45, 7) is 1.81. The van der Waals surface area contributed by atoms with Gasteiger partial charge in [0.05, 0.1) is 7.11 Å². The van der Waals surface area contributed by atoms with Gasteiger partial charge in [-0.1, -0.05) is 0 Å². The molecule has 3 nitrogen and oxygen atoms in total. The van der Waals surface area contributed by atoms with E-state index in [2.05, 4.69) is 4.98 Å². The fourth-order valence-electron chi connectivity index (χ4n) is 0.852. The minimum Gasteiger partial charge on any atom is -0.496 e. The average Bonchev–Trinajstić information content (AvgIpc) is 2.05. The van der Waals surface area contributed by atoms with E-state index < -0.39 is 0 Å². The van der Waals surface area contributed by atoms with Crippen LogP contribution in [0.2, 0.25) is 0 Å². The lowest BCUT2D eigenvalue weighted by molar-refractivity contribution is 0.411. The van der Waals surface area contributed by atoms with E-state index in [1.165, 1.54) is 0 Å². The summed E-state index contributed by atoms with van der Waals surface area (Å²) in [5.41, 5.74) is 1.21. The Morgan fingerprint density at radius 2 is 2.36 bits per heavy atom. The van der Waals surface area contributed by atoms with Gasteiger partial charge < -0.3 is 4.74 Å². The summed E-state index contributed by atoms with van der Waals surface area (Å²) in [6.07, 6.45) is 1.56. The van der Waals surface area contributed by atoms with E-state index in [1.807, 2.05) is 13.0 Å². The van der Waals surface area contributed by atoms with Gasteiger partial charge in [0.2, 0.25) is 0 Å². The highest BCUT2D eigenvalue weighted by molar-refractivity contribution is 5.40. The summed E-state index contributed by atoms with van der Waals surface area (Å²) in [5, 5.41) is 8.57. The van der Waals surface area contributed by atoms with E-state index >= 15 is 0 Å². The minimum absolute atomic E-state index is 0.421. The number of nitrogens with zero attached hydrogens (tertiary/aromatic N) is 2. The normalized spacial score (nSPS) is 8.82. The van der Waals surface area contributed by atoms with Crippen molar-refractivity contribution in [2.24, 2.45) is 0 Å². The number of hydrogen-bond donors (Lipinski definition) is 0. The molecule has 0 saturated heterocycles. The molecule has 0 unspecified atom stereocenters. The zero-order valence-electron chi connectivity index (χ0n) is 6.46. The van der Waals surface area contributed by atoms with Crippen LogP contribution >= 0.6 is 0 Å². The molecule has 1 aromatic rings. The van der Waals surface area contributed by atoms with Crippen LogP contribution < -0.4 is 4.74 Å². The Labute approximate surface area is 65.3 Å². The molecule has 0 amide bonds. The van der Waals surface area contributed by atoms with Gasteiger partial charge in [-0.25, -0.2) is 4.98 Å². The lowest BCUT2D eigenvalue weighted by atomic mass is 10.2. The van der Waals surface area contributed by atoms with Crippen molar-refractivity contribution in [1.29, 1.82) is 5.26 Å². The number of nitriles is 1. The molecule has 0 aliphatic rings. The van der Waals surface area contributed by atoms with E-state index in [-0.39, 0.29) is 0 Å². The van der Waals surface area contributed by atoms with Gasteiger partial charge in [0.15, 0.2) is 0 Å². The lowest BCUT2D eigenvalue weighted by Crippen LogP contribution is -1.92. The summed E-state index contributed by atoms with van der Waals surface area (Å²) >= 11 is 0. The van der Waals surface area contributed by atoms with Gasteiger partial charge in [0.25, 0.3) is 0 Å². The van der Waals surface area contributed by atoms with E-state index in [0.29, 0.717) is 11.4 Å². The van der Waals surface area contributed by atoms with Crippen LogP contribution in [0, 0.1) is 18.3 Å². The molecule has 1 heterocycles. The van der Waals surface area contributed by atoms with Crippen molar-refractivity contribution < 1.29 is 4.74 Å². The van der Waals surface area contributed by atoms with Gasteiger partial charge in [-0.05, 0) is 13.0 Å². The molecule has 0 saturated carbocycles. The third-order valence-corrected chi connectivity index (χ3v) is 1.48. The van der Waals surface area contributed by atoms with Gasteiger partial charge >= 0.3 is 0 Å². The molecule has 0 bridgehead atoms. The van der Waals surface area contributed by atoms with Gasteiger partial charge in [-0.3, -0.25) is 0 Å². The van der Waals surface area contributed by atoms with Crippen molar-refractivity contribution in [1.82, 2.24) is 4.98 Å². The topological polar surface area (TPSA) is 45.9 Å². The van der Waals surface area contributed by atoms with Crippen molar-refractivity contribution in [2.75, 3.05) is 7.11 Å². The summed E-state index contributed by atoms with van der Waals surface area (Å²) in [4.78, 5) is 3.86. The number of rotatable bonds is 1. The maximum atomic E-state index is 8.57. The molecule has 0 radical (unpaired) electrons. The van der Waals surface area contributed by atoms with Crippen LogP contribution in [0.3, 0.4) is 0 Å². The molecule has 0 fully saturated rings. The van der Waals surface area contributed by atoms with Crippen LogP contribution in [0.4, 0.5) is 0 Å². The fraction of sp³-hybridized carbons (Fsp3) is 0.250. The molecular weight excluding hydrogens is 140 g/mol. The highest BCUT2D eigenvalue weighted by Gasteiger charge is 2.02. The molecule has 0 aliphatic carbocycles. The standard InChI is InChI=1S/C8H8N2O/c1-6-7(5-9)10-4-3-8(6)11-2/h3-4H,1-2H3. The van der Waals surface area contributed by atoms with Gasteiger partial charge in [-0.15, -0.1) is 0 Å².